The number of carbonyl (C=O) groups is 1. The zero-order valence-corrected chi connectivity index (χ0v) is 13.1. The number of aliphatic hydroxyl groups excluding tert-OH is 1. The lowest BCUT2D eigenvalue weighted by molar-refractivity contribution is 0.00560. The highest BCUT2D eigenvalue weighted by Crippen LogP contribution is 2.39. The summed E-state index contributed by atoms with van der Waals surface area (Å²) in [6, 6.07) is 9.64. The van der Waals surface area contributed by atoms with E-state index in [1.807, 2.05) is 30.3 Å². The predicted octanol–water partition coefficient (Wildman–Crippen LogP) is 1.98. The number of hydrogen-bond donors (Lipinski definition) is 3. The van der Waals surface area contributed by atoms with Crippen molar-refractivity contribution in [3.8, 4) is 0 Å². The van der Waals surface area contributed by atoms with Gasteiger partial charge < -0.3 is 20.9 Å². The molecule has 0 heterocycles. The van der Waals surface area contributed by atoms with Crippen molar-refractivity contribution in [1.82, 2.24) is 5.32 Å². The van der Waals surface area contributed by atoms with Gasteiger partial charge in [0.1, 0.15) is 12.2 Å². The lowest BCUT2D eigenvalue weighted by Gasteiger charge is -2.25. The Morgan fingerprint density at radius 3 is 2.64 bits per heavy atom. The summed E-state index contributed by atoms with van der Waals surface area (Å²) in [5, 5.41) is 13.8. The van der Waals surface area contributed by atoms with Gasteiger partial charge in [0.15, 0.2) is 0 Å². The molecule has 5 heteroatoms. The molecule has 2 rings (SSSR count). The minimum absolute atomic E-state index is 0.180. The van der Waals surface area contributed by atoms with Crippen LogP contribution in [0.5, 0.6) is 0 Å². The first kappa shape index (κ1) is 16.8. The van der Waals surface area contributed by atoms with Crippen LogP contribution in [0.25, 0.3) is 0 Å². The molecule has 1 amide bonds. The second-order valence-corrected chi connectivity index (χ2v) is 6.14. The molecule has 1 aliphatic rings. The zero-order valence-electron chi connectivity index (χ0n) is 13.1. The SMILES string of the molecule is CCCC1(NC[C@@H](O)[C@H](Cc2ccccc2)OC(N)=O)CC1. The van der Waals surface area contributed by atoms with Crippen molar-refractivity contribution in [3.63, 3.8) is 0 Å². The van der Waals surface area contributed by atoms with Crippen molar-refractivity contribution in [2.24, 2.45) is 5.73 Å². The van der Waals surface area contributed by atoms with Crippen LogP contribution in [0, 0.1) is 0 Å². The van der Waals surface area contributed by atoms with Crippen LogP contribution >= 0.6 is 0 Å². The Hall–Kier alpha value is -1.59. The lowest BCUT2D eigenvalue weighted by atomic mass is 10.0. The van der Waals surface area contributed by atoms with E-state index in [4.69, 9.17) is 10.5 Å². The quantitative estimate of drug-likeness (QED) is 0.651. The molecule has 1 aliphatic carbocycles. The Morgan fingerprint density at radius 2 is 2.09 bits per heavy atom. The fraction of sp³-hybridized carbons (Fsp3) is 0.588. The van der Waals surface area contributed by atoms with Crippen molar-refractivity contribution >= 4 is 6.09 Å². The summed E-state index contributed by atoms with van der Waals surface area (Å²) in [7, 11) is 0. The Labute approximate surface area is 131 Å². The van der Waals surface area contributed by atoms with E-state index in [9.17, 15) is 9.90 Å². The lowest BCUT2D eigenvalue weighted by Crippen LogP contribution is -2.45. The molecule has 0 unspecified atom stereocenters. The molecule has 4 N–H and O–H groups in total. The molecule has 2 atom stereocenters. The van der Waals surface area contributed by atoms with Gasteiger partial charge >= 0.3 is 6.09 Å². The molecular formula is C17H26N2O3. The molecule has 1 aromatic carbocycles. The summed E-state index contributed by atoms with van der Waals surface area (Å²) in [4.78, 5) is 11.1. The van der Waals surface area contributed by atoms with Crippen molar-refractivity contribution < 1.29 is 14.6 Å². The number of primary amides is 1. The number of aliphatic hydroxyl groups is 1. The van der Waals surface area contributed by atoms with Gasteiger partial charge in [-0.15, -0.1) is 0 Å². The molecule has 0 saturated heterocycles. The van der Waals surface area contributed by atoms with E-state index in [0.29, 0.717) is 13.0 Å². The van der Waals surface area contributed by atoms with E-state index >= 15 is 0 Å². The molecule has 1 fully saturated rings. The maximum Gasteiger partial charge on any atom is 0.404 e. The van der Waals surface area contributed by atoms with Crippen LogP contribution in [0.15, 0.2) is 30.3 Å². The molecule has 122 valence electrons. The summed E-state index contributed by atoms with van der Waals surface area (Å²) in [6.07, 6.45) is 2.71. The van der Waals surface area contributed by atoms with Crippen LogP contribution in [0.3, 0.4) is 0 Å². The van der Waals surface area contributed by atoms with Gasteiger partial charge in [-0.3, -0.25) is 0 Å². The maximum absolute atomic E-state index is 11.1. The largest absolute Gasteiger partial charge is 0.443 e. The summed E-state index contributed by atoms with van der Waals surface area (Å²) in [5.74, 6) is 0. The monoisotopic (exact) mass is 306 g/mol. The summed E-state index contributed by atoms with van der Waals surface area (Å²) in [6.45, 7) is 2.57. The Kier molecular flexibility index (Phi) is 5.80. The van der Waals surface area contributed by atoms with Crippen LogP contribution < -0.4 is 11.1 Å². The topological polar surface area (TPSA) is 84.6 Å². The number of nitrogens with one attached hydrogen (secondary N) is 1. The van der Waals surface area contributed by atoms with Crippen LogP contribution in [-0.2, 0) is 11.2 Å². The smallest absolute Gasteiger partial charge is 0.404 e. The summed E-state index contributed by atoms with van der Waals surface area (Å²) < 4.78 is 5.11. The van der Waals surface area contributed by atoms with E-state index < -0.39 is 18.3 Å². The van der Waals surface area contributed by atoms with Crippen molar-refractivity contribution in [2.75, 3.05) is 6.54 Å². The van der Waals surface area contributed by atoms with Crippen molar-refractivity contribution in [3.05, 3.63) is 35.9 Å². The summed E-state index contributed by atoms with van der Waals surface area (Å²) in [5.41, 5.74) is 6.32. The fourth-order valence-corrected chi connectivity index (χ4v) is 2.85. The third-order valence-electron chi connectivity index (χ3n) is 4.24. The molecule has 5 nitrogen and oxygen atoms in total. The number of ether oxygens (including phenoxy) is 1. The van der Waals surface area contributed by atoms with Gasteiger partial charge in [0, 0.05) is 18.5 Å². The normalized spacial score (nSPS) is 18.5. The second-order valence-electron chi connectivity index (χ2n) is 6.14. The third kappa shape index (κ3) is 5.00. The highest BCUT2D eigenvalue weighted by Gasteiger charge is 2.41. The summed E-state index contributed by atoms with van der Waals surface area (Å²) >= 11 is 0. The van der Waals surface area contributed by atoms with Gasteiger partial charge in [-0.1, -0.05) is 43.7 Å². The Morgan fingerprint density at radius 1 is 1.41 bits per heavy atom. The average Bonchev–Trinajstić information content (AvgIpc) is 3.25. The maximum atomic E-state index is 11.1. The average molecular weight is 306 g/mol. The van der Waals surface area contributed by atoms with Crippen LogP contribution in [0.4, 0.5) is 4.79 Å². The highest BCUT2D eigenvalue weighted by atomic mass is 16.6. The number of carbonyl (C=O) groups excluding carboxylic acids is 1. The molecule has 0 radical (unpaired) electrons. The van der Waals surface area contributed by atoms with Crippen LogP contribution in [0.2, 0.25) is 0 Å². The molecule has 0 spiro atoms. The van der Waals surface area contributed by atoms with Crippen LogP contribution in [0.1, 0.15) is 38.2 Å². The van der Waals surface area contributed by atoms with Gasteiger partial charge in [-0.25, -0.2) is 4.79 Å². The minimum Gasteiger partial charge on any atom is -0.443 e. The third-order valence-corrected chi connectivity index (χ3v) is 4.24. The van der Waals surface area contributed by atoms with E-state index in [1.54, 1.807) is 0 Å². The van der Waals surface area contributed by atoms with Gasteiger partial charge in [0.05, 0.1) is 0 Å². The Bertz CT molecular complexity index is 474. The fourth-order valence-electron chi connectivity index (χ4n) is 2.85. The van der Waals surface area contributed by atoms with Crippen molar-refractivity contribution in [2.45, 2.75) is 56.8 Å². The van der Waals surface area contributed by atoms with E-state index in [2.05, 4.69) is 12.2 Å². The zero-order chi connectivity index (χ0) is 16.0. The molecular weight excluding hydrogens is 280 g/mol. The molecule has 0 bridgehead atoms. The minimum atomic E-state index is -0.852. The molecule has 1 aromatic rings. The molecule has 22 heavy (non-hydrogen) atoms. The van der Waals surface area contributed by atoms with Crippen LogP contribution in [-0.4, -0.2) is 35.5 Å². The first-order chi connectivity index (χ1) is 10.5. The van der Waals surface area contributed by atoms with E-state index in [-0.39, 0.29) is 5.54 Å². The molecule has 0 aliphatic heterocycles. The highest BCUT2D eigenvalue weighted by molar-refractivity contribution is 5.64. The number of β-amino-alcohol motifs (C(OH)–C–C–N with tert-alkyl or cyclic N) is 1. The first-order valence-electron chi connectivity index (χ1n) is 7.98. The Balaban J connectivity index is 1.91. The van der Waals surface area contributed by atoms with Gasteiger partial charge in [-0.2, -0.15) is 0 Å². The van der Waals surface area contributed by atoms with Gasteiger partial charge in [-0.05, 0) is 24.8 Å². The van der Waals surface area contributed by atoms with Gasteiger partial charge in [0.25, 0.3) is 0 Å². The molecule has 0 aromatic heterocycles. The van der Waals surface area contributed by atoms with E-state index in [1.165, 1.54) is 0 Å². The molecule has 1 saturated carbocycles. The number of amides is 1. The second kappa shape index (κ2) is 7.61. The standard InChI is InChI=1S/C17H26N2O3/c1-2-8-17(9-10-17)19-12-14(20)15(22-16(18)21)11-13-6-4-3-5-7-13/h3-7,14-15,19-20H,2,8-12H2,1H3,(H2,18,21)/t14-,15+/m1/s1. The number of rotatable bonds is 9. The van der Waals surface area contributed by atoms with E-state index in [0.717, 1.165) is 31.2 Å². The number of benzene rings is 1. The van der Waals surface area contributed by atoms with Crippen molar-refractivity contribution in [1.29, 1.82) is 0 Å². The number of hydrogen-bond acceptors (Lipinski definition) is 4. The first-order valence-corrected chi connectivity index (χ1v) is 7.98. The number of nitrogens with two attached hydrogens (primary N) is 1. The van der Waals surface area contributed by atoms with Gasteiger partial charge in [0.2, 0.25) is 0 Å². The predicted molar refractivity (Wildman–Crippen MR) is 85.5 cm³/mol.